The molecule has 0 saturated carbocycles. The van der Waals surface area contributed by atoms with Gasteiger partial charge in [-0.25, -0.2) is 8.51 Å². The predicted molar refractivity (Wildman–Crippen MR) is 55.2 cm³/mol. The fourth-order valence-corrected chi connectivity index (χ4v) is 2.84. The summed E-state index contributed by atoms with van der Waals surface area (Å²) < 4.78 is 13.5. The van der Waals surface area contributed by atoms with Crippen molar-refractivity contribution in [2.45, 2.75) is 31.9 Å². The minimum absolute atomic E-state index is 0.0718. The lowest BCUT2D eigenvalue weighted by Gasteiger charge is -2.30. The van der Waals surface area contributed by atoms with Crippen molar-refractivity contribution in [1.82, 2.24) is 4.31 Å². The van der Waals surface area contributed by atoms with Crippen molar-refractivity contribution in [2.75, 3.05) is 13.1 Å². The van der Waals surface area contributed by atoms with Crippen LogP contribution >= 0.6 is 0 Å². The molecule has 4 nitrogen and oxygen atoms in total. The van der Waals surface area contributed by atoms with E-state index in [4.69, 9.17) is 5.11 Å². The molecule has 0 aliphatic carbocycles. The summed E-state index contributed by atoms with van der Waals surface area (Å²) in [4.78, 5) is 10.8. The molecule has 0 bridgehead atoms. The van der Waals surface area contributed by atoms with Gasteiger partial charge in [-0.2, -0.15) is 0 Å². The molecule has 0 aromatic rings. The first kappa shape index (κ1) is 11.7. The van der Waals surface area contributed by atoms with Crippen molar-refractivity contribution in [3.8, 4) is 0 Å². The van der Waals surface area contributed by atoms with Gasteiger partial charge in [-0.05, 0) is 26.7 Å². The molecule has 2 unspecified atom stereocenters. The van der Waals surface area contributed by atoms with E-state index in [0.29, 0.717) is 13.0 Å². The zero-order valence-electron chi connectivity index (χ0n) is 8.60. The summed E-state index contributed by atoms with van der Waals surface area (Å²) in [5.41, 5.74) is 0. The van der Waals surface area contributed by atoms with Crippen molar-refractivity contribution in [2.24, 2.45) is 5.92 Å². The number of nitrogens with zero attached hydrogens (tertiary/aromatic N) is 1. The summed E-state index contributed by atoms with van der Waals surface area (Å²) in [5.74, 6) is -1.11. The van der Waals surface area contributed by atoms with Gasteiger partial charge >= 0.3 is 5.97 Å². The molecule has 0 radical (unpaired) electrons. The maximum atomic E-state index is 11.7. The van der Waals surface area contributed by atoms with Crippen molar-refractivity contribution in [3.63, 3.8) is 0 Å². The number of hydrogen-bond acceptors (Lipinski definition) is 2. The molecule has 1 fully saturated rings. The van der Waals surface area contributed by atoms with Gasteiger partial charge in [-0.15, -0.1) is 0 Å². The highest BCUT2D eigenvalue weighted by Crippen LogP contribution is 2.19. The van der Waals surface area contributed by atoms with Gasteiger partial charge in [-0.3, -0.25) is 4.79 Å². The number of aliphatic carboxylic acids is 1. The number of piperidine rings is 1. The van der Waals surface area contributed by atoms with Crippen LogP contribution in [0.1, 0.15) is 26.7 Å². The third-order valence-corrected chi connectivity index (χ3v) is 4.04. The van der Waals surface area contributed by atoms with Gasteiger partial charge in [0, 0.05) is 18.3 Å². The van der Waals surface area contributed by atoms with E-state index in [1.807, 2.05) is 13.8 Å². The summed E-state index contributed by atoms with van der Waals surface area (Å²) in [6.45, 7) is 4.97. The number of carboxylic acid groups (broad SMARTS) is 1. The molecule has 82 valence electrons. The Balaban J connectivity index is 2.56. The highest BCUT2D eigenvalue weighted by atomic mass is 32.2. The standard InChI is InChI=1S/C9H17NO3S/c1-7(2)14(13)10-5-3-4-8(6-10)9(11)12/h7-8H,3-6H2,1-2H3,(H,11,12). The minimum Gasteiger partial charge on any atom is -0.481 e. The van der Waals surface area contributed by atoms with E-state index in [1.165, 1.54) is 0 Å². The van der Waals surface area contributed by atoms with Crippen LogP contribution in [0.4, 0.5) is 0 Å². The molecule has 5 heteroatoms. The second-order valence-corrected chi connectivity index (χ2v) is 5.90. The van der Waals surface area contributed by atoms with Gasteiger partial charge in [0.1, 0.15) is 0 Å². The molecule has 0 amide bonds. The first-order valence-electron chi connectivity index (χ1n) is 4.91. The van der Waals surface area contributed by atoms with Gasteiger partial charge in [0.2, 0.25) is 0 Å². The largest absolute Gasteiger partial charge is 0.481 e. The molecule has 0 spiro atoms. The second-order valence-electron chi connectivity index (χ2n) is 3.89. The van der Waals surface area contributed by atoms with Crippen molar-refractivity contribution < 1.29 is 14.1 Å². The van der Waals surface area contributed by atoms with Crippen LogP contribution < -0.4 is 0 Å². The second kappa shape index (κ2) is 4.89. The molecule has 1 saturated heterocycles. The SMILES string of the molecule is CC(C)S(=O)N1CCCC(C(=O)O)C1. The summed E-state index contributed by atoms with van der Waals surface area (Å²) in [6, 6.07) is 0. The Labute approximate surface area is 86.9 Å². The Bertz CT molecular complexity index is 242. The monoisotopic (exact) mass is 219 g/mol. The van der Waals surface area contributed by atoms with E-state index in [2.05, 4.69) is 0 Å². The van der Waals surface area contributed by atoms with Gasteiger partial charge in [0.05, 0.1) is 16.9 Å². The van der Waals surface area contributed by atoms with Crippen molar-refractivity contribution >= 4 is 17.0 Å². The average Bonchev–Trinajstić information content (AvgIpc) is 2.16. The lowest BCUT2D eigenvalue weighted by Crippen LogP contribution is -2.41. The molecule has 0 aromatic heterocycles. The van der Waals surface area contributed by atoms with E-state index in [1.54, 1.807) is 4.31 Å². The molecule has 0 aromatic carbocycles. The molecule has 2 atom stereocenters. The van der Waals surface area contributed by atoms with E-state index in [9.17, 15) is 9.00 Å². The van der Waals surface area contributed by atoms with Crippen LogP contribution in [0.25, 0.3) is 0 Å². The first-order valence-corrected chi connectivity index (χ1v) is 6.07. The van der Waals surface area contributed by atoms with E-state index in [-0.39, 0.29) is 11.2 Å². The zero-order valence-corrected chi connectivity index (χ0v) is 9.42. The van der Waals surface area contributed by atoms with Crippen LogP contribution in [-0.2, 0) is 15.8 Å². The van der Waals surface area contributed by atoms with Gasteiger partial charge in [0.15, 0.2) is 0 Å². The fraction of sp³-hybridized carbons (Fsp3) is 0.889. The highest BCUT2D eigenvalue weighted by Gasteiger charge is 2.28. The quantitative estimate of drug-likeness (QED) is 0.765. The minimum atomic E-state index is -1.03. The zero-order chi connectivity index (χ0) is 10.7. The normalized spacial score (nSPS) is 26.4. The molecular weight excluding hydrogens is 202 g/mol. The molecule has 14 heavy (non-hydrogen) atoms. The predicted octanol–water partition coefficient (Wildman–Crippen LogP) is 0.855. The third-order valence-electron chi connectivity index (χ3n) is 2.39. The third kappa shape index (κ3) is 2.78. The number of rotatable bonds is 3. The molecule has 1 heterocycles. The maximum absolute atomic E-state index is 11.7. The Hall–Kier alpha value is -0.420. The van der Waals surface area contributed by atoms with E-state index < -0.39 is 17.0 Å². The van der Waals surface area contributed by atoms with E-state index in [0.717, 1.165) is 13.0 Å². The average molecular weight is 219 g/mol. The molecule has 1 N–H and O–H groups in total. The van der Waals surface area contributed by atoms with Gasteiger partial charge in [0.25, 0.3) is 0 Å². The molecular formula is C9H17NO3S. The van der Waals surface area contributed by atoms with Crippen LogP contribution in [-0.4, -0.2) is 37.9 Å². The molecule has 1 rings (SSSR count). The summed E-state index contributed by atoms with van der Waals surface area (Å²) >= 11 is 0. The van der Waals surface area contributed by atoms with E-state index >= 15 is 0 Å². The first-order chi connectivity index (χ1) is 6.52. The Kier molecular flexibility index (Phi) is 4.07. The number of carbonyl (C=O) groups is 1. The van der Waals surface area contributed by atoms with Gasteiger partial charge < -0.3 is 5.11 Å². The Morgan fingerprint density at radius 2 is 2.21 bits per heavy atom. The maximum Gasteiger partial charge on any atom is 0.307 e. The number of hydrogen-bond donors (Lipinski definition) is 1. The van der Waals surface area contributed by atoms with Gasteiger partial charge in [-0.1, -0.05) is 0 Å². The highest BCUT2D eigenvalue weighted by molar-refractivity contribution is 7.83. The Morgan fingerprint density at radius 1 is 1.57 bits per heavy atom. The molecule has 1 aliphatic rings. The lowest BCUT2D eigenvalue weighted by atomic mass is 10.0. The summed E-state index contributed by atoms with van der Waals surface area (Å²) in [6.07, 6.45) is 1.54. The van der Waals surface area contributed by atoms with Crippen LogP contribution in [0.2, 0.25) is 0 Å². The Morgan fingerprint density at radius 3 is 2.71 bits per heavy atom. The summed E-state index contributed by atoms with van der Waals surface area (Å²) in [7, 11) is -1.03. The van der Waals surface area contributed by atoms with Crippen molar-refractivity contribution in [3.05, 3.63) is 0 Å². The summed E-state index contributed by atoms with van der Waals surface area (Å²) in [5, 5.41) is 8.92. The molecule has 1 aliphatic heterocycles. The number of carboxylic acids is 1. The fourth-order valence-electron chi connectivity index (χ4n) is 1.61. The topological polar surface area (TPSA) is 57.6 Å². The van der Waals surface area contributed by atoms with Crippen LogP contribution in [0, 0.1) is 5.92 Å². The smallest absolute Gasteiger partial charge is 0.307 e. The van der Waals surface area contributed by atoms with Crippen LogP contribution in [0.5, 0.6) is 0 Å². The lowest BCUT2D eigenvalue weighted by molar-refractivity contribution is -0.142. The van der Waals surface area contributed by atoms with Crippen molar-refractivity contribution in [1.29, 1.82) is 0 Å². The van der Waals surface area contributed by atoms with Crippen LogP contribution in [0.15, 0.2) is 0 Å². The van der Waals surface area contributed by atoms with Crippen LogP contribution in [0.3, 0.4) is 0 Å².